The number of carbonyl (C=O) groups is 1. The van der Waals surface area contributed by atoms with Crippen LogP contribution in [0.25, 0.3) is 0 Å². The van der Waals surface area contributed by atoms with Gasteiger partial charge in [0, 0.05) is 0 Å². The molecule has 0 amide bonds. The maximum atomic E-state index is 10.9. The van der Waals surface area contributed by atoms with Crippen molar-refractivity contribution in [3.8, 4) is 0 Å². The molecule has 0 heterocycles. The van der Waals surface area contributed by atoms with Gasteiger partial charge >= 0.3 is 5.97 Å². The third-order valence-corrected chi connectivity index (χ3v) is 2.28. The molecule has 0 aromatic carbocycles. The first-order valence-electron chi connectivity index (χ1n) is 4.63. The van der Waals surface area contributed by atoms with E-state index in [2.05, 4.69) is 5.32 Å². The molecule has 1 N–H and O–H groups in total. The molecule has 0 saturated heterocycles. The maximum absolute atomic E-state index is 10.9. The SMILES string of the molecule is CNCC(=O)OCC1CCCC1. The molecule has 0 radical (unpaired) electrons. The molecule has 70 valence electrons. The molecule has 0 atom stereocenters. The maximum Gasteiger partial charge on any atom is 0.319 e. The van der Waals surface area contributed by atoms with Crippen LogP contribution in [-0.4, -0.2) is 26.2 Å². The van der Waals surface area contributed by atoms with Gasteiger partial charge in [-0.05, 0) is 25.8 Å². The van der Waals surface area contributed by atoms with E-state index in [0.29, 0.717) is 19.1 Å². The van der Waals surface area contributed by atoms with Crippen molar-refractivity contribution in [3.63, 3.8) is 0 Å². The number of carbonyl (C=O) groups excluding carboxylic acids is 1. The average molecular weight is 171 g/mol. The summed E-state index contributed by atoms with van der Waals surface area (Å²) in [4.78, 5) is 10.9. The van der Waals surface area contributed by atoms with E-state index in [4.69, 9.17) is 4.74 Å². The summed E-state index contributed by atoms with van der Waals surface area (Å²) < 4.78 is 5.06. The van der Waals surface area contributed by atoms with Crippen LogP contribution in [0.3, 0.4) is 0 Å². The first kappa shape index (κ1) is 9.52. The fraction of sp³-hybridized carbons (Fsp3) is 0.889. The van der Waals surface area contributed by atoms with Crippen LogP contribution in [0.15, 0.2) is 0 Å². The van der Waals surface area contributed by atoms with Crippen molar-refractivity contribution in [2.45, 2.75) is 25.7 Å². The van der Waals surface area contributed by atoms with Gasteiger partial charge in [-0.25, -0.2) is 0 Å². The Hall–Kier alpha value is -0.570. The van der Waals surface area contributed by atoms with Crippen molar-refractivity contribution in [1.29, 1.82) is 0 Å². The minimum atomic E-state index is -0.135. The Morgan fingerprint density at radius 2 is 2.17 bits per heavy atom. The molecule has 1 aliphatic carbocycles. The number of hydrogen-bond acceptors (Lipinski definition) is 3. The fourth-order valence-corrected chi connectivity index (χ4v) is 1.58. The normalized spacial score (nSPS) is 18.1. The van der Waals surface area contributed by atoms with Gasteiger partial charge in [0.1, 0.15) is 0 Å². The fourth-order valence-electron chi connectivity index (χ4n) is 1.58. The molecule has 12 heavy (non-hydrogen) atoms. The quantitative estimate of drug-likeness (QED) is 0.640. The molecular weight excluding hydrogens is 154 g/mol. The minimum Gasteiger partial charge on any atom is -0.464 e. The van der Waals surface area contributed by atoms with E-state index in [9.17, 15) is 4.79 Å². The van der Waals surface area contributed by atoms with Crippen LogP contribution in [-0.2, 0) is 9.53 Å². The third kappa shape index (κ3) is 3.22. The van der Waals surface area contributed by atoms with Crippen molar-refractivity contribution in [1.82, 2.24) is 5.32 Å². The lowest BCUT2D eigenvalue weighted by Crippen LogP contribution is -2.22. The summed E-state index contributed by atoms with van der Waals surface area (Å²) in [6.45, 7) is 0.952. The molecule has 0 bridgehead atoms. The van der Waals surface area contributed by atoms with Crippen molar-refractivity contribution >= 4 is 5.97 Å². The van der Waals surface area contributed by atoms with Crippen LogP contribution >= 0.6 is 0 Å². The highest BCUT2D eigenvalue weighted by atomic mass is 16.5. The zero-order valence-electron chi connectivity index (χ0n) is 7.64. The van der Waals surface area contributed by atoms with Gasteiger partial charge in [-0.15, -0.1) is 0 Å². The van der Waals surface area contributed by atoms with Crippen LogP contribution in [0.1, 0.15) is 25.7 Å². The number of nitrogens with one attached hydrogen (secondary N) is 1. The molecule has 0 spiro atoms. The van der Waals surface area contributed by atoms with Crippen molar-refractivity contribution < 1.29 is 9.53 Å². The zero-order chi connectivity index (χ0) is 8.81. The van der Waals surface area contributed by atoms with Crippen LogP contribution in [0.2, 0.25) is 0 Å². The van der Waals surface area contributed by atoms with Crippen LogP contribution in [0.5, 0.6) is 0 Å². The molecular formula is C9H17NO2. The summed E-state index contributed by atoms with van der Waals surface area (Å²) in [5, 5.41) is 2.77. The summed E-state index contributed by atoms with van der Waals surface area (Å²) in [6.07, 6.45) is 5.06. The van der Waals surface area contributed by atoms with Crippen LogP contribution in [0, 0.1) is 5.92 Å². The first-order valence-corrected chi connectivity index (χ1v) is 4.63. The number of ether oxygens (including phenoxy) is 1. The van der Waals surface area contributed by atoms with E-state index < -0.39 is 0 Å². The van der Waals surface area contributed by atoms with Gasteiger partial charge in [0.2, 0.25) is 0 Å². The van der Waals surface area contributed by atoms with Crippen molar-refractivity contribution in [2.75, 3.05) is 20.2 Å². The highest BCUT2D eigenvalue weighted by molar-refractivity contribution is 5.71. The minimum absolute atomic E-state index is 0.135. The second kappa shape index (κ2) is 5.14. The van der Waals surface area contributed by atoms with Gasteiger partial charge in [0.15, 0.2) is 0 Å². The molecule has 1 fully saturated rings. The van der Waals surface area contributed by atoms with Crippen molar-refractivity contribution in [2.24, 2.45) is 5.92 Å². The molecule has 0 aliphatic heterocycles. The Balaban J connectivity index is 2.03. The predicted octanol–water partition coefficient (Wildman–Crippen LogP) is 0.939. The molecule has 3 nitrogen and oxygen atoms in total. The molecule has 1 aliphatic rings. The second-order valence-corrected chi connectivity index (χ2v) is 3.36. The number of esters is 1. The van der Waals surface area contributed by atoms with Gasteiger partial charge in [0.25, 0.3) is 0 Å². The zero-order valence-corrected chi connectivity index (χ0v) is 7.64. The summed E-state index contributed by atoms with van der Waals surface area (Å²) in [6, 6.07) is 0. The smallest absolute Gasteiger partial charge is 0.319 e. The van der Waals surface area contributed by atoms with E-state index in [1.54, 1.807) is 7.05 Å². The lowest BCUT2D eigenvalue weighted by molar-refractivity contribution is -0.143. The van der Waals surface area contributed by atoms with E-state index in [0.717, 1.165) is 0 Å². The predicted molar refractivity (Wildman–Crippen MR) is 46.8 cm³/mol. The van der Waals surface area contributed by atoms with E-state index in [1.165, 1.54) is 25.7 Å². The van der Waals surface area contributed by atoms with Crippen LogP contribution in [0.4, 0.5) is 0 Å². The number of rotatable bonds is 4. The van der Waals surface area contributed by atoms with Gasteiger partial charge < -0.3 is 10.1 Å². The summed E-state index contributed by atoms with van der Waals surface area (Å²) in [5.41, 5.74) is 0. The van der Waals surface area contributed by atoms with Crippen molar-refractivity contribution in [3.05, 3.63) is 0 Å². The van der Waals surface area contributed by atoms with Gasteiger partial charge in [-0.2, -0.15) is 0 Å². The number of hydrogen-bond donors (Lipinski definition) is 1. The first-order chi connectivity index (χ1) is 5.83. The molecule has 0 unspecified atom stereocenters. The van der Waals surface area contributed by atoms with Gasteiger partial charge in [-0.1, -0.05) is 12.8 Å². The monoisotopic (exact) mass is 171 g/mol. The Kier molecular flexibility index (Phi) is 4.08. The molecule has 3 heteroatoms. The lowest BCUT2D eigenvalue weighted by atomic mass is 10.1. The Morgan fingerprint density at radius 1 is 1.50 bits per heavy atom. The molecule has 0 aromatic rings. The van der Waals surface area contributed by atoms with E-state index in [-0.39, 0.29) is 5.97 Å². The van der Waals surface area contributed by atoms with Gasteiger partial charge in [-0.3, -0.25) is 4.79 Å². The van der Waals surface area contributed by atoms with Crippen LogP contribution < -0.4 is 5.32 Å². The Morgan fingerprint density at radius 3 is 2.75 bits per heavy atom. The second-order valence-electron chi connectivity index (χ2n) is 3.36. The van der Waals surface area contributed by atoms with E-state index in [1.807, 2.05) is 0 Å². The standard InChI is InChI=1S/C9H17NO2/c1-10-6-9(11)12-7-8-4-2-3-5-8/h8,10H,2-7H2,1H3. The largest absolute Gasteiger partial charge is 0.464 e. The summed E-state index contributed by atoms with van der Waals surface area (Å²) in [5.74, 6) is 0.496. The molecule has 0 aromatic heterocycles. The summed E-state index contributed by atoms with van der Waals surface area (Å²) in [7, 11) is 1.75. The third-order valence-electron chi connectivity index (χ3n) is 2.28. The highest BCUT2D eigenvalue weighted by Crippen LogP contribution is 2.24. The topological polar surface area (TPSA) is 38.3 Å². The van der Waals surface area contributed by atoms with E-state index >= 15 is 0 Å². The number of likely N-dealkylation sites (N-methyl/N-ethyl adjacent to an activating group) is 1. The molecule has 1 rings (SSSR count). The van der Waals surface area contributed by atoms with Gasteiger partial charge in [0.05, 0.1) is 13.2 Å². The lowest BCUT2D eigenvalue weighted by Gasteiger charge is -2.09. The Labute approximate surface area is 73.5 Å². The summed E-state index contributed by atoms with van der Waals surface area (Å²) >= 11 is 0. The highest BCUT2D eigenvalue weighted by Gasteiger charge is 2.16. The Bertz CT molecular complexity index is 141. The average Bonchev–Trinajstić information content (AvgIpc) is 2.53. The molecule has 1 saturated carbocycles.